The monoisotopic (exact) mass is 420 g/mol. The Morgan fingerprint density at radius 3 is 2.40 bits per heavy atom. The molecule has 0 aliphatic heterocycles. The van der Waals surface area contributed by atoms with Crippen LogP contribution in [0.15, 0.2) is 42.0 Å². The van der Waals surface area contributed by atoms with Gasteiger partial charge in [-0.15, -0.1) is 0 Å². The Labute approximate surface area is 178 Å². The van der Waals surface area contributed by atoms with E-state index in [1.165, 1.54) is 19.2 Å². The molecule has 0 bridgehead atoms. The van der Waals surface area contributed by atoms with Crippen LogP contribution in [-0.4, -0.2) is 48.2 Å². The van der Waals surface area contributed by atoms with E-state index in [-0.39, 0.29) is 29.7 Å². The van der Waals surface area contributed by atoms with Crippen LogP contribution in [0, 0.1) is 11.2 Å². The van der Waals surface area contributed by atoms with E-state index in [2.05, 4.69) is 25.5 Å². The van der Waals surface area contributed by atoms with Gasteiger partial charge in [0.15, 0.2) is 0 Å². The van der Waals surface area contributed by atoms with E-state index in [4.69, 9.17) is 4.74 Å². The first-order chi connectivity index (χ1) is 14.0. The first-order valence-corrected chi connectivity index (χ1v) is 10.2. The molecule has 0 spiro atoms. The Hall–Kier alpha value is -2.02. The molecule has 1 aromatic rings. The summed E-state index contributed by atoms with van der Waals surface area (Å²) < 4.78 is 23.8. The highest BCUT2D eigenvalue weighted by molar-refractivity contribution is 5.74. The summed E-state index contributed by atoms with van der Waals surface area (Å²) in [4.78, 5) is 11.3. The number of esters is 1. The fourth-order valence-corrected chi connectivity index (χ4v) is 4.27. The van der Waals surface area contributed by atoms with Crippen molar-refractivity contribution in [3.8, 4) is 0 Å². The van der Waals surface area contributed by atoms with E-state index >= 15 is 0 Å². The molecule has 2 rings (SSSR count). The molecule has 0 heterocycles. The van der Waals surface area contributed by atoms with E-state index in [1.807, 2.05) is 6.08 Å². The van der Waals surface area contributed by atoms with Crippen molar-refractivity contribution in [2.45, 2.75) is 64.3 Å². The van der Waals surface area contributed by atoms with Crippen molar-refractivity contribution in [3.05, 3.63) is 53.4 Å². The lowest BCUT2D eigenvalue weighted by Gasteiger charge is -2.44. The molecule has 0 fully saturated rings. The van der Waals surface area contributed by atoms with Gasteiger partial charge in [0.2, 0.25) is 0 Å². The lowest BCUT2D eigenvalue weighted by atomic mass is 9.65. The summed E-state index contributed by atoms with van der Waals surface area (Å²) >= 11 is 0. The zero-order valence-electron chi connectivity index (χ0n) is 18.4. The predicted molar refractivity (Wildman–Crippen MR) is 114 cm³/mol. The molecule has 166 valence electrons. The zero-order valence-corrected chi connectivity index (χ0v) is 18.4. The maximum absolute atomic E-state index is 13.5. The molecule has 0 saturated carbocycles. The molecule has 0 amide bonds. The molecule has 0 radical (unpaired) electrons. The van der Waals surface area contributed by atoms with E-state index in [1.54, 1.807) is 25.3 Å². The summed E-state index contributed by atoms with van der Waals surface area (Å²) in [5.74, 6) is -0.816. The third kappa shape index (κ3) is 6.24. The number of hydrogen-bond donors (Lipinski definition) is 2. The van der Waals surface area contributed by atoms with Gasteiger partial charge in [-0.3, -0.25) is 4.79 Å². The summed E-state index contributed by atoms with van der Waals surface area (Å²) in [6, 6.07) is 6.39. The van der Waals surface area contributed by atoms with Crippen molar-refractivity contribution in [3.63, 3.8) is 0 Å². The third-order valence-electron chi connectivity index (χ3n) is 5.73. The third-order valence-corrected chi connectivity index (χ3v) is 5.73. The highest BCUT2D eigenvalue weighted by atomic mass is 19.1. The van der Waals surface area contributed by atoms with Gasteiger partial charge in [-0.05, 0) is 47.6 Å². The summed E-state index contributed by atoms with van der Waals surface area (Å²) in [6.07, 6.45) is 2.90. The molecule has 0 saturated heterocycles. The van der Waals surface area contributed by atoms with Crippen LogP contribution in [0.25, 0.3) is 5.57 Å². The number of carbonyl (C=O) groups excluding carboxylic acids is 1. The molecule has 0 aromatic heterocycles. The van der Waals surface area contributed by atoms with Gasteiger partial charge in [-0.25, -0.2) is 4.39 Å². The maximum atomic E-state index is 13.5. The minimum Gasteiger partial charge on any atom is -0.469 e. The lowest BCUT2D eigenvalue weighted by Crippen LogP contribution is -2.39. The van der Waals surface area contributed by atoms with Crippen LogP contribution in [0.1, 0.15) is 52.0 Å². The van der Waals surface area contributed by atoms with E-state index < -0.39 is 18.2 Å². The molecule has 5 nitrogen and oxygen atoms in total. The second-order valence-corrected chi connectivity index (χ2v) is 8.89. The van der Waals surface area contributed by atoms with Crippen LogP contribution >= 0.6 is 0 Å². The predicted octanol–water partition coefficient (Wildman–Crippen LogP) is 4.04. The Balaban J connectivity index is 2.35. The molecule has 3 atom stereocenters. The summed E-state index contributed by atoms with van der Waals surface area (Å²) in [6.45, 7) is 6.30. The summed E-state index contributed by atoms with van der Waals surface area (Å²) in [5.41, 5.74) is 2.36. The Bertz CT molecular complexity index is 796. The molecule has 6 heteroatoms. The average Bonchev–Trinajstić information content (AvgIpc) is 2.66. The molecule has 1 aliphatic carbocycles. The molecule has 1 aromatic carbocycles. The Morgan fingerprint density at radius 2 is 1.83 bits per heavy atom. The smallest absolute Gasteiger partial charge is 0.308 e. The van der Waals surface area contributed by atoms with Crippen LogP contribution < -0.4 is 0 Å². The van der Waals surface area contributed by atoms with Gasteiger partial charge in [0.05, 0.1) is 31.3 Å². The summed E-state index contributed by atoms with van der Waals surface area (Å²) in [7, 11) is 2.96. The van der Waals surface area contributed by atoms with Crippen molar-refractivity contribution in [2.24, 2.45) is 5.41 Å². The molecule has 2 N–H and O–H groups in total. The van der Waals surface area contributed by atoms with Gasteiger partial charge in [-0.1, -0.05) is 38.1 Å². The highest BCUT2D eigenvalue weighted by Gasteiger charge is 2.41. The number of aliphatic hydroxyl groups is 2. The SMILES string of the molecule is COC(=O)CC(O)CC(O)/C=C/C1=C(c2ccc(F)cc2)CC(C)(OC)CC1(C)C. The number of aliphatic hydroxyl groups excluding tert-OH is 2. The minimum absolute atomic E-state index is 0.0287. The second kappa shape index (κ2) is 9.86. The first kappa shape index (κ1) is 24.3. The standard InChI is InChI=1S/C24H33FO5/c1-23(2)15-24(3,30-5)14-20(16-6-8-17(25)9-7-16)21(23)11-10-18(26)12-19(27)13-22(28)29-4/h6-11,18-19,26-27H,12-15H2,1-5H3/b11-10+. The second-order valence-electron chi connectivity index (χ2n) is 8.89. The normalized spacial score (nSPS) is 23.5. The lowest BCUT2D eigenvalue weighted by molar-refractivity contribution is -0.143. The van der Waals surface area contributed by atoms with Gasteiger partial charge in [0.1, 0.15) is 5.82 Å². The minimum atomic E-state index is -0.987. The molecular formula is C24H33FO5. The quantitative estimate of drug-likeness (QED) is 0.621. The van der Waals surface area contributed by atoms with Crippen LogP contribution in [0.5, 0.6) is 0 Å². The number of hydrogen-bond acceptors (Lipinski definition) is 5. The highest BCUT2D eigenvalue weighted by Crippen LogP contribution is 2.49. The van der Waals surface area contributed by atoms with Gasteiger partial charge in [-0.2, -0.15) is 0 Å². The molecule has 3 unspecified atom stereocenters. The van der Waals surface area contributed by atoms with Crippen LogP contribution in [0.2, 0.25) is 0 Å². The average molecular weight is 421 g/mol. The fourth-order valence-electron chi connectivity index (χ4n) is 4.27. The van der Waals surface area contributed by atoms with Gasteiger partial charge < -0.3 is 19.7 Å². The molecular weight excluding hydrogens is 387 g/mol. The van der Waals surface area contributed by atoms with Crippen LogP contribution in [-0.2, 0) is 14.3 Å². The summed E-state index contributed by atoms with van der Waals surface area (Å²) in [5, 5.41) is 20.3. The van der Waals surface area contributed by atoms with Gasteiger partial charge in [0, 0.05) is 20.0 Å². The molecule has 1 aliphatic rings. The number of rotatable bonds is 8. The Kier molecular flexibility index (Phi) is 7.97. The van der Waals surface area contributed by atoms with Crippen LogP contribution in [0.4, 0.5) is 4.39 Å². The number of halogens is 1. The first-order valence-electron chi connectivity index (χ1n) is 10.2. The number of benzene rings is 1. The maximum Gasteiger partial charge on any atom is 0.308 e. The number of allylic oxidation sites excluding steroid dienone is 2. The molecule has 30 heavy (non-hydrogen) atoms. The van der Waals surface area contributed by atoms with E-state index in [0.29, 0.717) is 6.42 Å². The van der Waals surface area contributed by atoms with Gasteiger partial charge >= 0.3 is 5.97 Å². The largest absolute Gasteiger partial charge is 0.469 e. The number of carbonyl (C=O) groups is 1. The number of methoxy groups -OCH3 is 2. The van der Waals surface area contributed by atoms with Crippen molar-refractivity contribution in [2.75, 3.05) is 14.2 Å². The fraction of sp³-hybridized carbons (Fsp3) is 0.542. The van der Waals surface area contributed by atoms with Gasteiger partial charge in [0.25, 0.3) is 0 Å². The topological polar surface area (TPSA) is 76.0 Å². The van der Waals surface area contributed by atoms with E-state index in [9.17, 15) is 19.4 Å². The van der Waals surface area contributed by atoms with Crippen molar-refractivity contribution in [1.29, 1.82) is 0 Å². The van der Waals surface area contributed by atoms with E-state index in [0.717, 1.165) is 23.1 Å². The van der Waals surface area contributed by atoms with Crippen molar-refractivity contribution in [1.82, 2.24) is 0 Å². The zero-order chi connectivity index (χ0) is 22.5. The number of ether oxygens (including phenoxy) is 2. The Morgan fingerprint density at radius 1 is 1.20 bits per heavy atom. The van der Waals surface area contributed by atoms with Crippen molar-refractivity contribution < 1.29 is 28.9 Å². The van der Waals surface area contributed by atoms with Crippen LogP contribution in [0.3, 0.4) is 0 Å². The van der Waals surface area contributed by atoms with Crippen molar-refractivity contribution >= 4 is 11.5 Å².